The Bertz CT molecular complexity index is 489. The molecule has 1 saturated heterocycles. The van der Waals surface area contributed by atoms with E-state index < -0.39 is 0 Å². The summed E-state index contributed by atoms with van der Waals surface area (Å²) in [5, 5.41) is 9.15. The number of nitrogens with zero attached hydrogens (tertiary/aromatic N) is 4. The van der Waals surface area contributed by atoms with Crippen molar-refractivity contribution in [3.8, 4) is 6.07 Å². The number of pyridine rings is 1. The van der Waals surface area contributed by atoms with Crippen molar-refractivity contribution in [2.75, 3.05) is 37.6 Å². The molecule has 0 N–H and O–H groups in total. The van der Waals surface area contributed by atoms with Crippen molar-refractivity contribution in [1.82, 2.24) is 9.88 Å². The lowest BCUT2D eigenvalue weighted by Gasteiger charge is -2.23. The molecule has 2 rings (SSSR count). The maximum Gasteiger partial charge on any atom is 0.146 e. The van der Waals surface area contributed by atoms with Gasteiger partial charge in [0.05, 0.1) is 5.56 Å². The van der Waals surface area contributed by atoms with Gasteiger partial charge < -0.3 is 4.90 Å². The molecule has 0 amide bonds. The van der Waals surface area contributed by atoms with Crippen LogP contribution in [0.25, 0.3) is 0 Å². The Morgan fingerprint density at radius 1 is 1.42 bits per heavy atom. The SMILES string of the molecule is C=C(C)CN1CCCN(c2ncccc2C#N)CC1. The first-order valence-electron chi connectivity index (χ1n) is 6.67. The van der Waals surface area contributed by atoms with Crippen molar-refractivity contribution in [3.05, 3.63) is 36.0 Å². The molecule has 0 atom stereocenters. The lowest BCUT2D eigenvalue weighted by Crippen LogP contribution is -2.32. The van der Waals surface area contributed by atoms with Gasteiger partial charge in [-0.1, -0.05) is 12.2 Å². The van der Waals surface area contributed by atoms with E-state index >= 15 is 0 Å². The van der Waals surface area contributed by atoms with Crippen molar-refractivity contribution in [2.45, 2.75) is 13.3 Å². The molecule has 0 bridgehead atoms. The van der Waals surface area contributed by atoms with Crippen molar-refractivity contribution < 1.29 is 0 Å². The number of hydrogen-bond acceptors (Lipinski definition) is 4. The van der Waals surface area contributed by atoms with Crippen molar-refractivity contribution in [3.63, 3.8) is 0 Å². The van der Waals surface area contributed by atoms with Gasteiger partial charge in [-0.25, -0.2) is 4.98 Å². The molecule has 1 aliphatic rings. The summed E-state index contributed by atoms with van der Waals surface area (Å²) in [6.07, 6.45) is 2.85. The van der Waals surface area contributed by atoms with Gasteiger partial charge in [0.2, 0.25) is 0 Å². The quantitative estimate of drug-likeness (QED) is 0.776. The maximum absolute atomic E-state index is 9.15. The predicted octanol–water partition coefficient (Wildman–Crippen LogP) is 2.04. The van der Waals surface area contributed by atoms with Gasteiger partial charge in [-0.3, -0.25) is 4.90 Å². The molecular weight excluding hydrogens is 236 g/mol. The van der Waals surface area contributed by atoms with Gasteiger partial charge in [-0.15, -0.1) is 0 Å². The van der Waals surface area contributed by atoms with E-state index in [1.165, 1.54) is 5.57 Å². The van der Waals surface area contributed by atoms with E-state index in [-0.39, 0.29) is 0 Å². The van der Waals surface area contributed by atoms with E-state index in [1.807, 2.05) is 12.1 Å². The molecule has 100 valence electrons. The van der Waals surface area contributed by atoms with Crippen LogP contribution in [0.3, 0.4) is 0 Å². The van der Waals surface area contributed by atoms with Gasteiger partial charge >= 0.3 is 0 Å². The van der Waals surface area contributed by atoms with E-state index in [0.29, 0.717) is 5.56 Å². The lowest BCUT2D eigenvalue weighted by atomic mass is 10.2. The summed E-state index contributed by atoms with van der Waals surface area (Å²) in [5.74, 6) is 0.821. The summed E-state index contributed by atoms with van der Waals surface area (Å²) in [7, 11) is 0. The molecule has 4 heteroatoms. The fraction of sp³-hybridized carbons (Fsp3) is 0.467. The average molecular weight is 256 g/mol. The van der Waals surface area contributed by atoms with Crippen LogP contribution >= 0.6 is 0 Å². The van der Waals surface area contributed by atoms with Crippen LogP contribution in [0.5, 0.6) is 0 Å². The molecule has 0 aliphatic carbocycles. The zero-order chi connectivity index (χ0) is 13.7. The zero-order valence-corrected chi connectivity index (χ0v) is 11.5. The van der Waals surface area contributed by atoms with E-state index in [4.69, 9.17) is 5.26 Å². The highest BCUT2D eigenvalue weighted by Crippen LogP contribution is 2.18. The van der Waals surface area contributed by atoms with Gasteiger partial charge in [0.1, 0.15) is 11.9 Å². The minimum absolute atomic E-state index is 0.663. The molecule has 0 saturated carbocycles. The highest BCUT2D eigenvalue weighted by Gasteiger charge is 2.17. The van der Waals surface area contributed by atoms with E-state index in [1.54, 1.807) is 6.20 Å². The Hall–Kier alpha value is -1.86. The van der Waals surface area contributed by atoms with Crippen LogP contribution in [0.2, 0.25) is 0 Å². The Morgan fingerprint density at radius 3 is 3.00 bits per heavy atom. The summed E-state index contributed by atoms with van der Waals surface area (Å²) in [5.41, 5.74) is 1.86. The maximum atomic E-state index is 9.15. The molecule has 19 heavy (non-hydrogen) atoms. The molecule has 1 aromatic rings. The first kappa shape index (κ1) is 13.6. The van der Waals surface area contributed by atoms with Crippen LogP contribution < -0.4 is 4.90 Å². The second-order valence-electron chi connectivity index (χ2n) is 5.06. The first-order valence-corrected chi connectivity index (χ1v) is 6.67. The molecule has 4 nitrogen and oxygen atoms in total. The van der Waals surface area contributed by atoms with Crippen LogP contribution in [0, 0.1) is 11.3 Å². The third kappa shape index (κ3) is 3.55. The van der Waals surface area contributed by atoms with Gasteiger partial charge in [0.25, 0.3) is 0 Å². The largest absolute Gasteiger partial charge is 0.354 e. The third-order valence-electron chi connectivity index (χ3n) is 3.29. The van der Waals surface area contributed by atoms with E-state index in [0.717, 1.165) is 45.0 Å². The number of rotatable bonds is 3. The number of aromatic nitrogens is 1. The predicted molar refractivity (Wildman–Crippen MR) is 77.0 cm³/mol. The molecule has 2 heterocycles. The van der Waals surface area contributed by atoms with Crippen molar-refractivity contribution >= 4 is 5.82 Å². The van der Waals surface area contributed by atoms with Gasteiger partial charge in [-0.05, 0) is 25.5 Å². The van der Waals surface area contributed by atoms with Gasteiger partial charge in [0, 0.05) is 38.9 Å². The summed E-state index contributed by atoms with van der Waals surface area (Å²) in [6, 6.07) is 5.87. The molecule has 1 fully saturated rings. The minimum Gasteiger partial charge on any atom is -0.354 e. The van der Waals surface area contributed by atoms with Crippen LogP contribution in [-0.2, 0) is 0 Å². The first-order chi connectivity index (χ1) is 9.20. The molecule has 0 radical (unpaired) electrons. The summed E-state index contributed by atoms with van der Waals surface area (Å²) in [4.78, 5) is 9.00. The average Bonchev–Trinajstić information content (AvgIpc) is 2.63. The monoisotopic (exact) mass is 256 g/mol. The Morgan fingerprint density at radius 2 is 2.26 bits per heavy atom. The van der Waals surface area contributed by atoms with Crippen LogP contribution in [0.1, 0.15) is 18.9 Å². The Labute approximate surface area is 115 Å². The van der Waals surface area contributed by atoms with Gasteiger partial charge in [-0.2, -0.15) is 5.26 Å². The Balaban J connectivity index is 2.07. The van der Waals surface area contributed by atoms with E-state index in [2.05, 4.69) is 34.4 Å². The highest BCUT2D eigenvalue weighted by atomic mass is 15.2. The second kappa shape index (κ2) is 6.35. The molecular formula is C15H20N4. The highest BCUT2D eigenvalue weighted by molar-refractivity contribution is 5.53. The topological polar surface area (TPSA) is 43.2 Å². The lowest BCUT2D eigenvalue weighted by molar-refractivity contribution is 0.318. The van der Waals surface area contributed by atoms with Crippen LogP contribution in [0.15, 0.2) is 30.5 Å². The van der Waals surface area contributed by atoms with Crippen LogP contribution in [0.4, 0.5) is 5.82 Å². The molecule has 0 unspecified atom stereocenters. The zero-order valence-electron chi connectivity index (χ0n) is 11.5. The summed E-state index contributed by atoms with van der Waals surface area (Å²) < 4.78 is 0. The number of hydrogen-bond donors (Lipinski definition) is 0. The standard InChI is InChI=1S/C15H20N4/c1-13(2)12-18-7-4-8-19(10-9-18)15-14(11-16)5-3-6-17-15/h3,5-6H,1,4,7-10,12H2,2H3. The molecule has 1 aliphatic heterocycles. The normalized spacial score (nSPS) is 16.7. The van der Waals surface area contributed by atoms with Gasteiger partial charge in [0.15, 0.2) is 0 Å². The summed E-state index contributed by atoms with van der Waals surface area (Å²) in [6.45, 7) is 10.9. The minimum atomic E-state index is 0.663. The smallest absolute Gasteiger partial charge is 0.146 e. The van der Waals surface area contributed by atoms with Crippen molar-refractivity contribution in [2.24, 2.45) is 0 Å². The second-order valence-corrected chi connectivity index (χ2v) is 5.06. The molecule has 0 spiro atoms. The Kier molecular flexibility index (Phi) is 4.53. The molecule has 0 aromatic carbocycles. The molecule has 1 aromatic heterocycles. The fourth-order valence-corrected chi connectivity index (χ4v) is 2.46. The number of anilines is 1. The van der Waals surface area contributed by atoms with Crippen LogP contribution in [-0.4, -0.2) is 42.6 Å². The third-order valence-corrected chi connectivity index (χ3v) is 3.29. The van der Waals surface area contributed by atoms with Crippen molar-refractivity contribution in [1.29, 1.82) is 5.26 Å². The summed E-state index contributed by atoms with van der Waals surface area (Å²) >= 11 is 0. The number of nitriles is 1. The fourth-order valence-electron chi connectivity index (χ4n) is 2.46. The van der Waals surface area contributed by atoms with E-state index in [9.17, 15) is 0 Å².